The van der Waals surface area contributed by atoms with Crippen LogP contribution in [0.15, 0.2) is 36.5 Å². The monoisotopic (exact) mass is 200 g/mol. The fourth-order valence-electron chi connectivity index (χ4n) is 1.61. The predicted octanol–water partition coefficient (Wildman–Crippen LogP) is 3.03. The van der Waals surface area contributed by atoms with Gasteiger partial charge in [0.1, 0.15) is 0 Å². The maximum atomic E-state index is 5.73. The second-order valence-electron chi connectivity index (χ2n) is 3.21. The molecule has 0 aliphatic heterocycles. The molecule has 0 fully saturated rings. The Labute approximate surface area is 85.0 Å². The highest BCUT2D eigenvalue weighted by Crippen LogP contribution is 2.32. The van der Waals surface area contributed by atoms with Crippen LogP contribution in [0.25, 0.3) is 20.3 Å². The molecule has 2 aromatic heterocycles. The van der Waals surface area contributed by atoms with Crippen LogP contribution in [0, 0.1) is 0 Å². The highest BCUT2D eigenvalue weighted by molar-refractivity contribution is 7.25. The van der Waals surface area contributed by atoms with Gasteiger partial charge < -0.3 is 5.73 Å². The molecule has 3 heteroatoms. The van der Waals surface area contributed by atoms with Crippen molar-refractivity contribution in [2.45, 2.75) is 0 Å². The summed E-state index contributed by atoms with van der Waals surface area (Å²) in [5, 5.41) is 1.19. The Kier molecular flexibility index (Phi) is 1.49. The molecule has 0 saturated heterocycles. The summed E-state index contributed by atoms with van der Waals surface area (Å²) < 4.78 is 2.42. The number of hydrogen-bond acceptors (Lipinski definition) is 3. The lowest BCUT2D eigenvalue weighted by Gasteiger charge is -1.91. The first kappa shape index (κ1) is 7.76. The number of anilines is 1. The minimum atomic E-state index is 0.809. The van der Waals surface area contributed by atoms with Crippen molar-refractivity contribution in [3.63, 3.8) is 0 Å². The number of fused-ring (bicyclic) bond motifs is 3. The van der Waals surface area contributed by atoms with Gasteiger partial charge in [-0.2, -0.15) is 0 Å². The number of hydrogen-bond donors (Lipinski definition) is 1. The quantitative estimate of drug-likeness (QED) is 0.566. The molecule has 0 amide bonds. The smallest absolute Gasteiger partial charge is 0.0888 e. The number of pyridine rings is 1. The van der Waals surface area contributed by atoms with E-state index in [0.717, 1.165) is 11.2 Å². The van der Waals surface area contributed by atoms with E-state index in [9.17, 15) is 0 Å². The molecule has 3 rings (SSSR count). The van der Waals surface area contributed by atoms with Gasteiger partial charge in [0.25, 0.3) is 0 Å². The Bertz CT molecular complexity index is 613. The van der Waals surface area contributed by atoms with Crippen molar-refractivity contribution in [3.8, 4) is 0 Å². The number of thiophene rings is 1. The Hall–Kier alpha value is -1.61. The summed E-state index contributed by atoms with van der Waals surface area (Å²) in [5.41, 5.74) is 7.62. The maximum absolute atomic E-state index is 5.73. The van der Waals surface area contributed by atoms with E-state index >= 15 is 0 Å². The normalized spacial score (nSPS) is 11.1. The number of aromatic nitrogens is 1. The van der Waals surface area contributed by atoms with Crippen molar-refractivity contribution in [1.29, 1.82) is 0 Å². The van der Waals surface area contributed by atoms with E-state index in [4.69, 9.17) is 5.73 Å². The van der Waals surface area contributed by atoms with E-state index < -0.39 is 0 Å². The molecule has 0 radical (unpaired) electrons. The van der Waals surface area contributed by atoms with E-state index in [1.807, 2.05) is 30.5 Å². The van der Waals surface area contributed by atoms with Crippen molar-refractivity contribution in [1.82, 2.24) is 4.98 Å². The van der Waals surface area contributed by atoms with Crippen LogP contribution < -0.4 is 5.73 Å². The van der Waals surface area contributed by atoms with Crippen LogP contribution in [0.2, 0.25) is 0 Å². The summed E-state index contributed by atoms with van der Waals surface area (Å²) in [6.07, 6.45) is 1.82. The summed E-state index contributed by atoms with van der Waals surface area (Å²) in [6, 6.07) is 10.0. The number of nitrogens with zero attached hydrogens (tertiary/aromatic N) is 1. The number of nitrogen functional groups attached to an aromatic ring is 1. The second kappa shape index (κ2) is 2.69. The van der Waals surface area contributed by atoms with Crippen molar-refractivity contribution >= 4 is 37.3 Å². The summed E-state index contributed by atoms with van der Waals surface area (Å²) in [4.78, 5) is 4.37. The fraction of sp³-hybridized carbons (Fsp3) is 0. The first-order valence-corrected chi connectivity index (χ1v) is 5.19. The molecule has 2 heterocycles. The molecule has 14 heavy (non-hydrogen) atoms. The molecule has 0 aliphatic carbocycles. The second-order valence-corrected chi connectivity index (χ2v) is 4.29. The number of nitrogens with two attached hydrogens (primary N) is 1. The van der Waals surface area contributed by atoms with Crippen molar-refractivity contribution in [2.24, 2.45) is 0 Å². The van der Waals surface area contributed by atoms with Crippen LogP contribution in [0.5, 0.6) is 0 Å². The summed E-state index contributed by atoms with van der Waals surface area (Å²) in [6.45, 7) is 0. The maximum Gasteiger partial charge on any atom is 0.0888 e. The molecule has 0 atom stereocenters. The summed E-state index contributed by atoms with van der Waals surface area (Å²) in [5.74, 6) is 0. The Balaban J connectivity index is 2.57. The Morgan fingerprint density at radius 1 is 1.14 bits per heavy atom. The first-order chi connectivity index (χ1) is 6.84. The Morgan fingerprint density at radius 3 is 3.00 bits per heavy atom. The van der Waals surface area contributed by atoms with E-state index in [2.05, 4.69) is 11.1 Å². The van der Waals surface area contributed by atoms with Gasteiger partial charge in [-0.3, -0.25) is 4.98 Å². The molecular formula is C11H8N2S. The van der Waals surface area contributed by atoms with E-state index in [1.165, 1.54) is 14.8 Å². The van der Waals surface area contributed by atoms with Gasteiger partial charge in [-0.05, 0) is 30.3 Å². The van der Waals surface area contributed by atoms with Crippen LogP contribution in [-0.4, -0.2) is 4.98 Å². The van der Waals surface area contributed by atoms with Crippen molar-refractivity contribution in [3.05, 3.63) is 36.5 Å². The lowest BCUT2D eigenvalue weighted by molar-refractivity contribution is 1.44. The molecule has 1 aromatic carbocycles. The molecule has 2 N–H and O–H groups in total. The van der Waals surface area contributed by atoms with Gasteiger partial charge >= 0.3 is 0 Å². The highest BCUT2D eigenvalue weighted by Gasteiger charge is 2.04. The van der Waals surface area contributed by atoms with Crippen LogP contribution in [0.3, 0.4) is 0 Å². The SMILES string of the molecule is Nc1ccc2c(c1)sc1cccnc12. The fourth-order valence-corrected chi connectivity index (χ4v) is 2.73. The van der Waals surface area contributed by atoms with Gasteiger partial charge in [0.05, 0.1) is 10.2 Å². The van der Waals surface area contributed by atoms with Crippen LogP contribution >= 0.6 is 11.3 Å². The molecule has 0 bridgehead atoms. The largest absolute Gasteiger partial charge is 0.399 e. The molecule has 0 aliphatic rings. The zero-order chi connectivity index (χ0) is 9.54. The third kappa shape index (κ3) is 0.992. The summed E-state index contributed by atoms with van der Waals surface area (Å²) >= 11 is 1.73. The van der Waals surface area contributed by atoms with E-state index in [-0.39, 0.29) is 0 Å². The van der Waals surface area contributed by atoms with Gasteiger partial charge in [-0.25, -0.2) is 0 Å². The third-order valence-electron chi connectivity index (χ3n) is 2.25. The zero-order valence-electron chi connectivity index (χ0n) is 7.40. The molecule has 3 aromatic rings. The standard InChI is InChI=1S/C11H8N2S/c12-7-3-4-8-10(6-7)14-9-2-1-5-13-11(8)9/h1-6H,12H2. The van der Waals surface area contributed by atoms with Gasteiger partial charge in [0.2, 0.25) is 0 Å². The molecule has 0 spiro atoms. The Morgan fingerprint density at radius 2 is 2.07 bits per heavy atom. The van der Waals surface area contributed by atoms with E-state index in [0.29, 0.717) is 0 Å². The topological polar surface area (TPSA) is 38.9 Å². The van der Waals surface area contributed by atoms with Crippen molar-refractivity contribution in [2.75, 3.05) is 5.73 Å². The molecule has 2 nitrogen and oxygen atoms in total. The van der Waals surface area contributed by atoms with Gasteiger partial charge in [0.15, 0.2) is 0 Å². The molecule has 68 valence electrons. The van der Waals surface area contributed by atoms with Crippen LogP contribution in [0.1, 0.15) is 0 Å². The first-order valence-electron chi connectivity index (χ1n) is 4.37. The van der Waals surface area contributed by atoms with Crippen LogP contribution in [0.4, 0.5) is 5.69 Å². The number of rotatable bonds is 0. The van der Waals surface area contributed by atoms with Crippen molar-refractivity contribution < 1.29 is 0 Å². The highest BCUT2D eigenvalue weighted by atomic mass is 32.1. The van der Waals surface area contributed by atoms with Crippen LogP contribution in [-0.2, 0) is 0 Å². The lowest BCUT2D eigenvalue weighted by Crippen LogP contribution is -1.81. The number of benzene rings is 1. The lowest BCUT2D eigenvalue weighted by atomic mass is 10.2. The third-order valence-corrected chi connectivity index (χ3v) is 3.36. The van der Waals surface area contributed by atoms with Gasteiger partial charge in [-0.15, -0.1) is 11.3 Å². The minimum absolute atomic E-state index is 0.809. The summed E-state index contributed by atoms with van der Waals surface area (Å²) in [7, 11) is 0. The van der Waals surface area contributed by atoms with Gasteiger partial charge in [0, 0.05) is 22.0 Å². The van der Waals surface area contributed by atoms with E-state index in [1.54, 1.807) is 11.3 Å². The zero-order valence-corrected chi connectivity index (χ0v) is 8.21. The average Bonchev–Trinajstić information content (AvgIpc) is 2.54. The molecule has 0 saturated carbocycles. The molecule has 0 unspecified atom stereocenters. The molecular weight excluding hydrogens is 192 g/mol. The predicted molar refractivity (Wildman–Crippen MR) is 61.5 cm³/mol. The average molecular weight is 200 g/mol. The minimum Gasteiger partial charge on any atom is -0.399 e. The van der Waals surface area contributed by atoms with Gasteiger partial charge in [-0.1, -0.05) is 0 Å².